The van der Waals surface area contributed by atoms with Crippen molar-refractivity contribution in [1.82, 2.24) is 24.5 Å². The number of hydrogen-bond donors (Lipinski definition) is 0. The summed E-state index contributed by atoms with van der Waals surface area (Å²) < 4.78 is 3.47. The number of rotatable bonds is 5. The third kappa shape index (κ3) is 3.10. The molecule has 0 unspecified atom stereocenters. The van der Waals surface area contributed by atoms with Crippen LogP contribution in [0.3, 0.4) is 0 Å². The van der Waals surface area contributed by atoms with E-state index in [1.165, 1.54) is 6.20 Å². The molecular formula is C14H20ClN5O. The quantitative estimate of drug-likeness (QED) is 0.850. The van der Waals surface area contributed by atoms with E-state index in [1.807, 2.05) is 31.5 Å². The summed E-state index contributed by atoms with van der Waals surface area (Å²) in [4.78, 5) is 14.4. The number of halogens is 1. The van der Waals surface area contributed by atoms with Crippen molar-refractivity contribution < 1.29 is 4.79 Å². The van der Waals surface area contributed by atoms with Crippen molar-refractivity contribution >= 4 is 17.5 Å². The van der Waals surface area contributed by atoms with E-state index in [4.69, 9.17) is 11.6 Å². The molecule has 6 nitrogen and oxygen atoms in total. The van der Waals surface area contributed by atoms with Gasteiger partial charge in [0.15, 0.2) is 0 Å². The number of likely N-dealkylation sites (N-methyl/N-ethyl adjacent to an activating group) is 1. The molecule has 0 aliphatic rings. The zero-order chi connectivity index (χ0) is 15.6. The summed E-state index contributed by atoms with van der Waals surface area (Å²) >= 11 is 5.89. The summed E-state index contributed by atoms with van der Waals surface area (Å²) in [6, 6.07) is 1.92. The maximum Gasteiger partial charge on any atom is 0.250 e. The van der Waals surface area contributed by atoms with Gasteiger partial charge in [0, 0.05) is 26.0 Å². The van der Waals surface area contributed by atoms with E-state index in [1.54, 1.807) is 29.0 Å². The predicted molar refractivity (Wildman–Crippen MR) is 80.9 cm³/mol. The molecule has 114 valence electrons. The molecule has 2 aromatic rings. The third-order valence-corrected chi connectivity index (χ3v) is 3.69. The lowest BCUT2D eigenvalue weighted by Gasteiger charge is -2.29. The Kier molecular flexibility index (Phi) is 4.37. The third-order valence-electron chi connectivity index (χ3n) is 3.50. The van der Waals surface area contributed by atoms with Gasteiger partial charge in [0.1, 0.15) is 5.54 Å². The average Bonchev–Trinajstić information content (AvgIpc) is 3.06. The van der Waals surface area contributed by atoms with E-state index < -0.39 is 5.54 Å². The van der Waals surface area contributed by atoms with Crippen LogP contribution in [0.15, 0.2) is 24.7 Å². The first kappa shape index (κ1) is 15.6. The van der Waals surface area contributed by atoms with Gasteiger partial charge in [-0.1, -0.05) is 11.6 Å². The first-order valence-corrected chi connectivity index (χ1v) is 7.21. The van der Waals surface area contributed by atoms with Crippen LogP contribution in [-0.4, -0.2) is 37.4 Å². The van der Waals surface area contributed by atoms with Crippen LogP contribution in [0.25, 0.3) is 0 Å². The fourth-order valence-electron chi connectivity index (χ4n) is 2.27. The van der Waals surface area contributed by atoms with Crippen molar-refractivity contribution in [2.45, 2.75) is 39.4 Å². The molecule has 1 amide bonds. The summed E-state index contributed by atoms with van der Waals surface area (Å²) in [5.41, 5.74) is 0.210. The second kappa shape index (κ2) is 5.89. The summed E-state index contributed by atoms with van der Waals surface area (Å²) in [5.74, 6) is -0.0360. The van der Waals surface area contributed by atoms with Gasteiger partial charge in [0.25, 0.3) is 0 Å². The summed E-state index contributed by atoms with van der Waals surface area (Å²) in [7, 11) is 1.78. The highest BCUT2D eigenvalue weighted by molar-refractivity contribution is 6.30. The van der Waals surface area contributed by atoms with Crippen molar-refractivity contribution in [2.24, 2.45) is 0 Å². The molecule has 2 rings (SSSR count). The topological polar surface area (TPSA) is 56.0 Å². The molecule has 0 spiro atoms. The van der Waals surface area contributed by atoms with Crippen LogP contribution in [0.5, 0.6) is 0 Å². The zero-order valence-corrected chi connectivity index (χ0v) is 13.5. The number of aromatic nitrogens is 4. The molecule has 7 heteroatoms. The average molecular weight is 310 g/mol. The fourth-order valence-corrected chi connectivity index (χ4v) is 2.40. The van der Waals surface area contributed by atoms with E-state index in [-0.39, 0.29) is 5.91 Å². The Labute approximate surface area is 129 Å². The molecule has 0 aliphatic heterocycles. The van der Waals surface area contributed by atoms with Crippen molar-refractivity contribution in [3.05, 3.63) is 35.4 Å². The minimum Gasteiger partial charge on any atom is -0.338 e. The number of aryl methyl sites for hydroxylation is 1. The Hall–Kier alpha value is -1.82. The van der Waals surface area contributed by atoms with E-state index >= 15 is 0 Å². The second-order valence-electron chi connectivity index (χ2n) is 5.46. The Balaban J connectivity index is 2.15. The highest BCUT2D eigenvalue weighted by Crippen LogP contribution is 2.20. The standard InChI is InChI=1S/C14H20ClN5O/c1-5-19-12(6-7-16-19)10-18(4)13(21)14(2,3)20-9-11(15)8-17-20/h6-9H,5,10H2,1-4H3. The van der Waals surface area contributed by atoms with E-state index in [0.717, 1.165) is 12.2 Å². The SMILES string of the molecule is CCn1nccc1CN(C)C(=O)C(C)(C)n1cc(Cl)cn1. The summed E-state index contributed by atoms with van der Waals surface area (Å²) in [5, 5.41) is 8.87. The Bertz CT molecular complexity index is 631. The highest BCUT2D eigenvalue weighted by Gasteiger charge is 2.33. The van der Waals surface area contributed by atoms with Crippen LogP contribution < -0.4 is 0 Å². The minimum absolute atomic E-state index is 0.0360. The molecular weight excluding hydrogens is 290 g/mol. The van der Waals surface area contributed by atoms with Crippen molar-refractivity contribution in [2.75, 3.05) is 7.05 Å². The van der Waals surface area contributed by atoms with Crippen LogP contribution in [0.4, 0.5) is 0 Å². The van der Waals surface area contributed by atoms with Crippen molar-refractivity contribution in [3.8, 4) is 0 Å². The number of carbonyl (C=O) groups is 1. The van der Waals surface area contributed by atoms with Gasteiger partial charge < -0.3 is 4.90 Å². The van der Waals surface area contributed by atoms with E-state index in [9.17, 15) is 4.79 Å². The van der Waals surface area contributed by atoms with Crippen molar-refractivity contribution in [3.63, 3.8) is 0 Å². The monoisotopic (exact) mass is 309 g/mol. The summed E-state index contributed by atoms with van der Waals surface area (Å²) in [6.07, 6.45) is 4.93. The van der Waals surface area contributed by atoms with Gasteiger partial charge in [-0.25, -0.2) is 0 Å². The lowest BCUT2D eigenvalue weighted by atomic mass is 10.0. The molecule has 0 N–H and O–H groups in total. The van der Waals surface area contributed by atoms with Gasteiger partial charge in [-0.3, -0.25) is 14.2 Å². The predicted octanol–water partition coefficient (Wildman–Crippen LogP) is 2.15. The molecule has 0 aromatic carbocycles. The molecule has 0 aliphatic carbocycles. The number of carbonyl (C=O) groups excluding carboxylic acids is 1. The lowest BCUT2D eigenvalue weighted by molar-refractivity contribution is -0.139. The van der Waals surface area contributed by atoms with Gasteiger partial charge in [-0.15, -0.1) is 0 Å². The van der Waals surface area contributed by atoms with Gasteiger partial charge in [0.2, 0.25) is 5.91 Å². The molecule has 2 heterocycles. The molecule has 0 radical (unpaired) electrons. The molecule has 2 aromatic heterocycles. The van der Waals surface area contributed by atoms with E-state index in [2.05, 4.69) is 10.2 Å². The van der Waals surface area contributed by atoms with Gasteiger partial charge in [0.05, 0.1) is 23.5 Å². The lowest BCUT2D eigenvalue weighted by Crippen LogP contribution is -2.45. The molecule has 0 saturated carbocycles. The van der Waals surface area contributed by atoms with Crippen LogP contribution in [0, 0.1) is 0 Å². The van der Waals surface area contributed by atoms with Crippen LogP contribution in [0.1, 0.15) is 26.5 Å². The number of nitrogens with zero attached hydrogens (tertiary/aromatic N) is 5. The Morgan fingerprint density at radius 2 is 2.14 bits per heavy atom. The molecule has 21 heavy (non-hydrogen) atoms. The number of amides is 1. The van der Waals surface area contributed by atoms with E-state index in [0.29, 0.717) is 11.6 Å². The largest absolute Gasteiger partial charge is 0.338 e. The first-order chi connectivity index (χ1) is 9.86. The Morgan fingerprint density at radius 3 is 2.71 bits per heavy atom. The number of hydrogen-bond acceptors (Lipinski definition) is 3. The normalized spacial score (nSPS) is 11.7. The second-order valence-corrected chi connectivity index (χ2v) is 5.90. The summed E-state index contributed by atoms with van der Waals surface area (Å²) in [6.45, 7) is 6.96. The maximum atomic E-state index is 12.7. The highest BCUT2D eigenvalue weighted by atomic mass is 35.5. The van der Waals surface area contributed by atoms with Gasteiger partial charge >= 0.3 is 0 Å². The minimum atomic E-state index is -0.793. The molecule has 0 saturated heterocycles. The van der Waals surface area contributed by atoms with Gasteiger partial charge in [-0.2, -0.15) is 10.2 Å². The van der Waals surface area contributed by atoms with Crippen LogP contribution >= 0.6 is 11.6 Å². The van der Waals surface area contributed by atoms with Gasteiger partial charge in [-0.05, 0) is 26.8 Å². The maximum absolute atomic E-state index is 12.7. The zero-order valence-electron chi connectivity index (χ0n) is 12.7. The fraction of sp³-hybridized carbons (Fsp3) is 0.500. The Morgan fingerprint density at radius 1 is 1.43 bits per heavy atom. The van der Waals surface area contributed by atoms with Crippen LogP contribution in [0.2, 0.25) is 5.02 Å². The van der Waals surface area contributed by atoms with Crippen LogP contribution in [-0.2, 0) is 23.4 Å². The molecule has 0 atom stereocenters. The molecule has 0 bridgehead atoms. The smallest absolute Gasteiger partial charge is 0.250 e. The van der Waals surface area contributed by atoms with Crippen molar-refractivity contribution in [1.29, 1.82) is 0 Å². The molecule has 0 fully saturated rings. The first-order valence-electron chi connectivity index (χ1n) is 6.83.